The maximum absolute atomic E-state index is 13.0. The third-order valence-corrected chi connectivity index (χ3v) is 5.97. The molecule has 1 amide bonds. The molecule has 1 aliphatic carbocycles. The summed E-state index contributed by atoms with van der Waals surface area (Å²) in [7, 11) is 0. The van der Waals surface area contributed by atoms with Gasteiger partial charge in [0.05, 0.1) is 24.3 Å². The lowest BCUT2D eigenvalue weighted by molar-refractivity contribution is 0.0526. The highest BCUT2D eigenvalue weighted by Crippen LogP contribution is 2.39. The van der Waals surface area contributed by atoms with E-state index < -0.39 is 0 Å². The quantitative estimate of drug-likeness (QED) is 0.486. The molecule has 6 heteroatoms. The van der Waals surface area contributed by atoms with Crippen molar-refractivity contribution < 1.29 is 19.1 Å². The maximum Gasteiger partial charge on any atom is 0.341 e. The molecular weight excluding hydrogens is 374 g/mol. The predicted octanol–water partition coefficient (Wildman–Crippen LogP) is 5.23. The first-order chi connectivity index (χ1) is 13.7. The summed E-state index contributed by atoms with van der Waals surface area (Å²) in [6, 6.07) is 7.21. The fraction of sp³-hybridized carbons (Fsp3) is 0.455. The monoisotopic (exact) mass is 401 g/mol. The van der Waals surface area contributed by atoms with Crippen LogP contribution in [-0.4, -0.2) is 25.1 Å². The second kappa shape index (κ2) is 9.73. The van der Waals surface area contributed by atoms with Gasteiger partial charge in [0.15, 0.2) is 0 Å². The second-order valence-corrected chi connectivity index (χ2v) is 7.89. The first kappa shape index (κ1) is 20.4. The molecule has 0 radical (unpaired) electrons. The molecule has 1 aliphatic rings. The molecule has 0 spiro atoms. The Bertz CT molecular complexity index is 843. The molecule has 1 aromatic heterocycles. The van der Waals surface area contributed by atoms with E-state index in [-0.39, 0.29) is 11.9 Å². The number of hydrogen-bond donors (Lipinski definition) is 1. The molecule has 28 heavy (non-hydrogen) atoms. The van der Waals surface area contributed by atoms with Crippen LogP contribution in [0.2, 0.25) is 0 Å². The third-order valence-electron chi connectivity index (χ3n) is 4.77. The third kappa shape index (κ3) is 4.55. The van der Waals surface area contributed by atoms with Crippen molar-refractivity contribution in [1.82, 2.24) is 0 Å². The van der Waals surface area contributed by atoms with E-state index in [1.54, 1.807) is 19.1 Å². The van der Waals surface area contributed by atoms with Crippen LogP contribution in [0, 0.1) is 0 Å². The number of anilines is 1. The molecule has 150 valence electrons. The second-order valence-electron chi connectivity index (χ2n) is 6.79. The fourth-order valence-corrected chi connectivity index (χ4v) is 4.62. The van der Waals surface area contributed by atoms with Crippen LogP contribution < -0.4 is 10.1 Å². The van der Waals surface area contributed by atoms with Crippen molar-refractivity contribution in [2.45, 2.75) is 52.4 Å². The number of amides is 1. The lowest BCUT2D eigenvalue weighted by Crippen LogP contribution is -2.16. The molecule has 0 atom stereocenters. The minimum atomic E-state index is -0.357. The van der Waals surface area contributed by atoms with E-state index in [0.29, 0.717) is 35.1 Å². The van der Waals surface area contributed by atoms with Gasteiger partial charge in [-0.2, -0.15) is 0 Å². The number of esters is 1. The van der Waals surface area contributed by atoms with Crippen LogP contribution in [0.15, 0.2) is 24.3 Å². The number of hydrogen-bond acceptors (Lipinski definition) is 5. The predicted molar refractivity (Wildman–Crippen MR) is 112 cm³/mol. The largest absolute Gasteiger partial charge is 0.493 e. The van der Waals surface area contributed by atoms with Gasteiger partial charge >= 0.3 is 5.97 Å². The van der Waals surface area contributed by atoms with Gasteiger partial charge in [0.25, 0.3) is 5.91 Å². The van der Waals surface area contributed by atoms with Crippen LogP contribution in [0.5, 0.6) is 5.75 Å². The molecular formula is C22H27NO4S. The van der Waals surface area contributed by atoms with Crippen molar-refractivity contribution in [2.75, 3.05) is 18.5 Å². The van der Waals surface area contributed by atoms with Gasteiger partial charge in [-0.15, -0.1) is 11.3 Å². The van der Waals surface area contributed by atoms with Crippen LogP contribution >= 0.6 is 11.3 Å². The van der Waals surface area contributed by atoms with Crippen molar-refractivity contribution in [3.05, 3.63) is 45.8 Å². The number of fused-ring (bicyclic) bond motifs is 1. The van der Waals surface area contributed by atoms with Crippen molar-refractivity contribution in [3.63, 3.8) is 0 Å². The number of benzene rings is 1. The van der Waals surface area contributed by atoms with E-state index in [4.69, 9.17) is 9.47 Å². The highest BCUT2D eigenvalue weighted by atomic mass is 32.1. The minimum absolute atomic E-state index is 0.267. The number of thiophene rings is 1. The van der Waals surface area contributed by atoms with E-state index >= 15 is 0 Å². The Labute approximate surface area is 170 Å². The van der Waals surface area contributed by atoms with Gasteiger partial charge in [-0.25, -0.2) is 4.79 Å². The van der Waals surface area contributed by atoms with E-state index in [0.717, 1.165) is 44.1 Å². The molecule has 0 saturated carbocycles. The normalized spacial score (nSPS) is 12.9. The van der Waals surface area contributed by atoms with Gasteiger partial charge in [0.2, 0.25) is 0 Å². The van der Waals surface area contributed by atoms with Crippen LogP contribution in [-0.2, 0) is 17.6 Å². The summed E-state index contributed by atoms with van der Waals surface area (Å²) < 4.78 is 11.0. The van der Waals surface area contributed by atoms with Crippen LogP contribution in [0.4, 0.5) is 5.00 Å². The number of carbonyl (C=O) groups excluding carboxylic acids is 2. The summed E-state index contributed by atoms with van der Waals surface area (Å²) in [6.07, 6.45) is 5.92. The zero-order chi connectivity index (χ0) is 19.9. The Balaban J connectivity index is 1.87. The summed E-state index contributed by atoms with van der Waals surface area (Å²) in [5.74, 6) is -0.0617. The summed E-state index contributed by atoms with van der Waals surface area (Å²) in [5.41, 5.74) is 2.04. The molecule has 0 bridgehead atoms. The molecule has 1 N–H and O–H groups in total. The Morgan fingerprint density at radius 2 is 1.93 bits per heavy atom. The van der Waals surface area contributed by atoms with Crippen LogP contribution in [0.3, 0.4) is 0 Å². The number of aryl methyl sites for hydroxylation is 1. The first-order valence-electron chi connectivity index (χ1n) is 10.0. The highest BCUT2D eigenvalue weighted by Gasteiger charge is 2.27. The van der Waals surface area contributed by atoms with E-state index in [1.807, 2.05) is 12.1 Å². The van der Waals surface area contributed by atoms with E-state index in [1.165, 1.54) is 16.2 Å². The number of nitrogens with one attached hydrogen (secondary N) is 1. The molecule has 0 fully saturated rings. The van der Waals surface area contributed by atoms with Crippen molar-refractivity contribution >= 4 is 28.2 Å². The Kier molecular flexibility index (Phi) is 7.09. The Morgan fingerprint density at radius 3 is 2.71 bits per heavy atom. The summed E-state index contributed by atoms with van der Waals surface area (Å²) >= 11 is 1.49. The molecule has 5 nitrogen and oxygen atoms in total. The van der Waals surface area contributed by atoms with Gasteiger partial charge in [0.1, 0.15) is 10.8 Å². The minimum Gasteiger partial charge on any atom is -0.493 e. The number of para-hydroxylation sites is 1. The molecule has 1 heterocycles. The van der Waals surface area contributed by atoms with Crippen molar-refractivity contribution in [1.29, 1.82) is 0 Å². The Morgan fingerprint density at radius 1 is 1.14 bits per heavy atom. The Hall–Kier alpha value is -2.34. The van der Waals surface area contributed by atoms with Gasteiger partial charge in [-0.1, -0.05) is 25.5 Å². The standard InChI is InChI=1S/C22H27NO4S/c1-3-5-14-27-17-12-8-6-10-15(17)20(24)23-21-19(22(25)26-4-2)16-11-7-9-13-18(16)28-21/h6,8,10,12H,3-5,7,9,11,13-14H2,1-2H3,(H,23,24). The van der Waals surface area contributed by atoms with Gasteiger partial charge in [0, 0.05) is 4.88 Å². The number of rotatable bonds is 8. The fourth-order valence-electron chi connectivity index (χ4n) is 3.35. The lowest BCUT2D eigenvalue weighted by Gasteiger charge is -2.13. The topological polar surface area (TPSA) is 64.6 Å². The molecule has 2 aromatic rings. The van der Waals surface area contributed by atoms with E-state index in [9.17, 15) is 9.59 Å². The zero-order valence-corrected chi connectivity index (χ0v) is 17.3. The molecule has 1 aromatic carbocycles. The van der Waals surface area contributed by atoms with Gasteiger partial charge < -0.3 is 14.8 Å². The number of ether oxygens (including phenoxy) is 2. The summed E-state index contributed by atoms with van der Waals surface area (Å²) in [5, 5.41) is 3.54. The van der Waals surface area contributed by atoms with Crippen molar-refractivity contribution in [3.8, 4) is 5.75 Å². The maximum atomic E-state index is 13.0. The average Bonchev–Trinajstić information content (AvgIpc) is 3.06. The van der Waals surface area contributed by atoms with Crippen LogP contribution in [0.1, 0.15) is 70.7 Å². The zero-order valence-electron chi connectivity index (χ0n) is 16.5. The van der Waals surface area contributed by atoms with Gasteiger partial charge in [-0.3, -0.25) is 4.79 Å². The summed E-state index contributed by atoms with van der Waals surface area (Å²) in [6.45, 7) is 4.77. The van der Waals surface area contributed by atoms with Gasteiger partial charge in [-0.05, 0) is 56.7 Å². The SMILES string of the molecule is CCCCOc1ccccc1C(=O)Nc1sc2c(c1C(=O)OCC)CCCC2. The molecule has 3 rings (SSSR count). The number of unbranched alkanes of at least 4 members (excludes halogenated alkanes) is 1. The smallest absolute Gasteiger partial charge is 0.341 e. The molecule has 0 unspecified atom stereocenters. The van der Waals surface area contributed by atoms with E-state index in [2.05, 4.69) is 12.2 Å². The first-order valence-corrected chi connectivity index (χ1v) is 10.8. The number of carbonyl (C=O) groups is 2. The lowest BCUT2D eigenvalue weighted by atomic mass is 9.95. The molecule has 0 aliphatic heterocycles. The summed E-state index contributed by atoms with van der Waals surface area (Å²) in [4.78, 5) is 26.7. The van der Waals surface area contributed by atoms with Crippen molar-refractivity contribution in [2.24, 2.45) is 0 Å². The van der Waals surface area contributed by atoms with Crippen LogP contribution in [0.25, 0.3) is 0 Å². The highest BCUT2D eigenvalue weighted by molar-refractivity contribution is 7.17. The average molecular weight is 402 g/mol. The molecule has 0 saturated heterocycles.